The third kappa shape index (κ3) is 5.73. The normalized spacial score (nSPS) is 9.70. The molecule has 1 aromatic carbocycles. The second-order valence-electron chi connectivity index (χ2n) is 3.39. The first-order chi connectivity index (χ1) is 9.49. The van der Waals surface area contributed by atoms with E-state index in [1.54, 1.807) is 36.4 Å². The van der Waals surface area contributed by atoms with Crippen LogP contribution in [0.3, 0.4) is 0 Å². The lowest BCUT2D eigenvalue weighted by Crippen LogP contribution is -2.07. The van der Waals surface area contributed by atoms with Gasteiger partial charge in [0.15, 0.2) is 5.69 Å². The number of hydrogen-bond acceptors (Lipinski definition) is 1. The molecule has 0 saturated heterocycles. The van der Waals surface area contributed by atoms with Crippen LogP contribution in [0.2, 0.25) is 0 Å². The smallest absolute Gasteiger partial charge is 0.240 e. The molecule has 0 aliphatic carbocycles. The molecule has 2 nitrogen and oxygen atoms in total. The van der Waals surface area contributed by atoms with Crippen molar-refractivity contribution in [2.75, 3.05) is 0 Å². The Morgan fingerprint density at radius 1 is 1.10 bits per heavy atom. The Hall–Kier alpha value is -2.04. The number of aromatic nitrogens is 2. The van der Waals surface area contributed by atoms with Crippen molar-refractivity contribution in [2.45, 2.75) is 26.9 Å². The molecule has 20 heavy (non-hydrogen) atoms. The Morgan fingerprint density at radius 3 is 2.00 bits per heavy atom. The molecule has 0 amide bonds. The number of nitrogens with zero attached hydrogens (tertiary/aromatic N) is 2. The van der Waals surface area contributed by atoms with Crippen LogP contribution < -0.4 is 0 Å². The zero-order chi connectivity index (χ0) is 15.6. The molecule has 2 aromatic rings. The van der Waals surface area contributed by atoms with Crippen LogP contribution in [0.1, 0.15) is 26.5 Å². The van der Waals surface area contributed by atoms with Crippen molar-refractivity contribution >= 4 is 0 Å². The van der Waals surface area contributed by atoms with E-state index in [1.165, 1.54) is 10.9 Å². The van der Waals surface area contributed by atoms with Crippen molar-refractivity contribution in [1.29, 1.82) is 0 Å². The summed E-state index contributed by atoms with van der Waals surface area (Å²) in [5.41, 5.74) is -0.278. The summed E-state index contributed by atoms with van der Waals surface area (Å²) in [6.07, 6.45) is -1.35. The molecule has 0 aliphatic heterocycles. The highest BCUT2D eigenvalue weighted by Gasteiger charge is 2.33. The maximum Gasteiger partial charge on any atom is 0.435 e. The summed E-state index contributed by atoms with van der Waals surface area (Å²) in [4.78, 5) is 0. The Bertz CT molecular complexity index is 487. The van der Waals surface area contributed by atoms with Crippen LogP contribution in [0, 0.1) is 0 Å². The molecule has 0 N–H and O–H groups in total. The molecule has 0 bridgehead atoms. The monoisotopic (exact) mass is 284 g/mol. The lowest BCUT2D eigenvalue weighted by molar-refractivity contribution is -0.141. The average Bonchev–Trinajstić information content (AvgIpc) is 2.93. The van der Waals surface area contributed by atoms with Gasteiger partial charge in [0.1, 0.15) is 0 Å². The highest BCUT2D eigenvalue weighted by Crippen LogP contribution is 2.27. The Morgan fingerprint density at radius 2 is 1.60 bits per heavy atom. The van der Waals surface area contributed by atoms with Crippen LogP contribution in [0.4, 0.5) is 13.2 Å². The minimum Gasteiger partial charge on any atom is -0.240 e. The molecule has 1 aromatic heterocycles. The van der Waals surface area contributed by atoms with E-state index >= 15 is 0 Å². The molecule has 0 radical (unpaired) electrons. The summed E-state index contributed by atoms with van der Waals surface area (Å²) in [5, 5.41) is 3.44. The number of rotatable bonds is 1. The van der Waals surface area contributed by atoms with E-state index in [0.717, 1.165) is 6.07 Å². The van der Waals surface area contributed by atoms with Gasteiger partial charge in [-0.2, -0.15) is 18.3 Å². The van der Waals surface area contributed by atoms with Crippen molar-refractivity contribution in [3.05, 3.63) is 60.9 Å². The first-order valence-electron chi connectivity index (χ1n) is 6.24. The lowest BCUT2D eigenvalue weighted by atomic mass is 10.3. The Labute approximate surface area is 117 Å². The average molecular weight is 284 g/mol. The predicted octanol–water partition coefficient (Wildman–Crippen LogP) is 5.11. The van der Waals surface area contributed by atoms with Crippen LogP contribution in [0.25, 0.3) is 5.69 Å². The van der Waals surface area contributed by atoms with Gasteiger partial charge in [0.2, 0.25) is 0 Å². The van der Waals surface area contributed by atoms with Crippen molar-refractivity contribution in [3.8, 4) is 5.69 Å². The lowest BCUT2D eigenvalue weighted by Gasteiger charge is -2.02. The number of hydrogen-bond donors (Lipinski definition) is 0. The maximum absolute atomic E-state index is 12.2. The summed E-state index contributed by atoms with van der Waals surface area (Å²) in [6, 6.07) is 9.60. The minimum atomic E-state index is -4.39. The standard InChI is InChI=1S/C10H7F3N2.C3H6.C2H6/c11-10(12,13)9-6-7-15(14-9)8-4-2-1-3-5-8;1-3-2;1-2/h1-7H;3H,1H2,2H3;1-2H3. The topological polar surface area (TPSA) is 17.8 Å². The van der Waals surface area contributed by atoms with Gasteiger partial charge in [-0.3, -0.25) is 0 Å². The van der Waals surface area contributed by atoms with Crippen LogP contribution in [0.15, 0.2) is 55.3 Å². The van der Waals surface area contributed by atoms with Gasteiger partial charge < -0.3 is 0 Å². The van der Waals surface area contributed by atoms with Crippen LogP contribution in [-0.2, 0) is 6.18 Å². The molecule has 0 unspecified atom stereocenters. The van der Waals surface area contributed by atoms with E-state index in [2.05, 4.69) is 11.7 Å². The third-order valence-corrected chi connectivity index (χ3v) is 1.90. The zero-order valence-electron chi connectivity index (χ0n) is 11.9. The van der Waals surface area contributed by atoms with E-state index in [0.29, 0.717) is 5.69 Å². The third-order valence-electron chi connectivity index (χ3n) is 1.90. The zero-order valence-corrected chi connectivity index (χ0v) is 11.9. The summed E-state index contributed by atoms with van der Waals surface area (Å²) in [6.45, 7) is 9.25. The number of benzene rings is 1. The molecule has 5 heteroatoms. The highest BCUT2D eigenvalue weighted by molar-refractivity contribution is 5.30. The second-order valence-corrected chi connectivity index (χ2v) is 3.39. The molecule has 110 valence electrons. The molecule has 0 atom stereocenters. The van der Waals surface area contributed by atoms with Gasteiger partial charge in [-0.1, -0.05) is 38.1 Å². The number of halogens is 3. The molecular formula is C15H19F3N2. The van der Waals surface area contributed by atoms with Crippen LogP contribution in [0.5, 0.6) is 0 Å². The minimum absolute atomic E-state index is 0.605. The highest BCUT2D eigenvalue weighted by atomic mass is 19.4. The van der Waals surface area contributed by atoms with Crippen LogP contribution >= 0.6 is 0 Å². The van der Waals surface area contributed by atoms with Gasteiger partial charge >= 0.3 is 6.18 Å². The predicted molar refractivity (Wildman–Crippen MR) is 75.8 cm³/mol. The summed E-state index contributed by atoms with van der Waals surface area (Å²) < 4.78 is 37.9. The molecular weight excluding hydrogens is 265 g/mol. The van der Waals surface area contributed by atoms with E-state index < -0.39 is 11.9 Å². The molecule has 1 heterocycles. The number of alkyl halides is 3. The van der Waals surface area contributed by atoms with E-state index in [4.69, 9.17) is 0 Å². The van der Waals surface area contributed by atoms with Crippen molar-refractivity contribution in [1.82, 2.24) is 9.78 Å². The quantitative estimate of drug-likeness (QED) is 0.665. The molecule has 0 saturated carbocycles. The first kappa shape index (κ1) is 18.0. The molecule has 2 rings (SSSR count). The fourth-order valence-electron chi connectivity index (χ4n) is 1.20. The fraction of sp³-hybridized carbons (Fsp3) is 0.267. The number of para-hydroxylation sites is 1. The molecule has 0 fully saturated rings. The van der Waals surface area contributed by atoms with E-state index in [-0.39, 0.29) is 0 Å². The fourth-order valence-corrected chi connectivity index (χ4v) is 1.20. The van der Waals surface area contributed by atoms with Gasteiger partial charge in [0.25, 0.3) is 0 Å². The van der Waals surface area contributed by atoms with Crippen molar-refractivity contribution < 1.29 is 13.2 Å². The van der Waals surface area contributed by atoms with Gasteiger partial charge in [0, 0.05) is 6.20 Å². The van der Waals surface area contributed by atoms with Gasteiger partial charge in [-0.15, -0.1) is 6.58 Å². The van der Waals surface area contributed by atoms with E-state index in [9.17, 15) is 13.2 Å². The van der Waals surface area contributed by atoms with E-state index in [1.807, 2.05) is 20.8 Å². The van der Waals surface area contributed by atoms with Gasteiger partial charge in [0.05, 0.1) is 5.69 Å². The Kier molecular flexibility index (Phi) is 8.04. The summed E-state index contributed by atoms with van der Waals surface area (Å²) in [7, 11) is 0. The van der Waals surface area contributed by atoms with Gasteiger partial charge in [-0.25, -0.2) is 4.68 Å². The maximum atomic E-state index is 12.2. The largest absolute Gasteiger partial charge is 0.435 e. The van der Waals surface area contributed by atoms with Gasteiger partial charge in [-0.05, 0) is 25.1 Å². The summed E-state index contributed by atoms with van der Waals surface area (Å²) in [5.74, 6) is 0. The van der Waals surface area contributed by atoms with Crippen LogP contribution in [-0.4, -0.2) is 9.78 Å². The number of allylic oxidation sites excluding steroid dienone is 1. The Balaban J connectivity index is 0.000000641. The van der Waals surface area contributed by atoms with Crippen molar-refractivity contribution in [2.24, 2.45) is 0 Å². The second kappa shape index (κ2) is 8.96. The molecule has 0 spiro atoms. The first-order valence-corrected chi connectivity index (χ1v) is 6.24. The van der Waals surface area contributed by atoms with Crippen molar-refractivity contribution in [3.63, 3.8) is 0 Å². The SMILES string of the molecule is C=CC.CC.FC(F)(F)c1ccn(-c2ccccc2)n1. The summed E-state index contributed by atoms with van der Waals surface area (Å²) >= 11 is 0. The molecule has 0 aliphatic rings.